The minimum atomic E-state index is -0.840. The van der Waals surface area contributed by atoms with Crippen LogP contribution in [-0.4, -0.2) is 16.9 Å². The van der Waals surface area contributed by atoms with Crippen LogP contribution in [0.3, 0.4) is 0 Å². The number of hydrogen-bond acceptors (Lipinski definition) is 4. The van der Waals surface area contributed by atoms with Crippen molar-refractivity contribution in [3.63, 3.8) is 0 Å². The standard InChI is InChI=1S/C19H15ClN2O4/c1-12(26-18-10-9-14(22(24)25)11-16(18)20)19(23)21-17-8-4-6-13-5-2-3-7-15(13)17/h2-12H,1H3,(H,21,23). The van der Waals surface area contributed by atoms with Crippen LogP contribution in [0, 0.1) is 10.1 Å². The van der Waals surface area contributed by atoms with E-state index in [-0.39, 0.29) is 22.4 Å². The number of nitrogens with zero attached hydrogens (tertiary/aromatic N) is 1. The number of benzene rings is 3. The first kappa shape index (κ1) is 17.7. The lowest BCUT2D eigenvalue weighted by Crippen LogP contribution is -2.30. The van der Waals surface area contributed by atoms with Gasteiger partial charge in [-0.15, -0.1) is 0 Å². The second kappa shape index (κ2) is 7.41. The summed E-state index contributed by atoms with van der Waals surface area (Å²) in [5.41, 5.74) is 0.536. The van der Waals surface area contributed by atoms with Gasteiger partial charge in [0.2, 0.25) is 0 Å². The monoisotopic (exact) mass is 370 g/mol. The van der Waals surface area contributed by atoms with Crippen molar-refractivity contribution in [1.82, 2.24) is 0 Å². The SMILES string of the molecule is CC(Oc1ccc([N+](=O)[O-])cc1Cl)C(=O)Nc1cccc2ccccc12. The van der Waals surface area contributed by atoms with Crippen LogP contribution in [0.25, 0.3) is 10.8 Å². The third-order valence-electron chi connectivity index (χ3n) is 3.85. The molecule has 1 N–H and O–H groups in total. The fraction of sp³-hybridized carbons (Fsp3) is 0.105. The Kier molecular flexibility index (Phi) is 5.04. The molecule has 0 saturated carbocycles. The van der Waals surface area contributed by atoms with Gasteiger partial charge in [-0.1, -0.05) is 48.0 Å². The fourth-order valence-electron chi connectivity index (χ4n) is 2.51. The van der Waals surface area contributed by atoms with E-state index in [1.54, 1.807) is 6.92 Å². The first-order chi connectivity index (χ1) is 12.5. The number of carbonyl (C=O) groups excluding carboxylic acids is 1. The maximum absolute atomic E-state index is 12.5. The lowest BCUT2D eigenvalue weighted by molar-refractivity contribution is -0.384. The van der Waals surface area contributed by atoms with Gasteiger partial charge in [-0.2, -0.15) is 0 Å². The number of anilines is 1. The van der Waals surface area contributed by atoms with Crippen LogP contribution in [0.5, 0.6) is 5.75 Å². The van der Waals surface area contributed by atoms with Crippen molar-refractivity contribution in [2.24, 2.45) is 0 Å². The first-order valence-electron chi connectivity index (χ1n) is 7.85. The zero-order valence-corrected chi connectivity index (χ0v) is 14.6. The first-order valence-corrected chi connectivity index (χ1v) is 8.23. The van der Waals surface area contributed by atoms with Crippen molar-refractivity contribution in [2.45, 2.75) is 13.0 Å². The lowest BCUT2D eigenvalue weighted by Gasteiger charge is -2.16. The average Bonchev–Trinajstić information content (AvgIpc) is 2.63. The summed E-state index contributed by atoms with van der Waals surface area (Å²) in [6.45, 7) is 1.58. The molecule has 6 nitrogen and oxygen atoms in total. The van der Waals surface area contributed by atoms with Gasteiger partial charge < -0.3 is 10.1 Å². The highest BCUT2D eigenvalue weighted by molar-refractivity contribution is 6.32. The molecule has 0 aromatic heterocycles. The topological polar surface area (TPSA) is 81.5 Å². The highest BCUT2D eigenvalue weighted by atomic mass is 35.5. The van der Waals surface area contributed by atoms with Crippen molar-refractivity contribution >= 4 is 39.7 Å². The van der Waals surface area contributed by atoms with E-state index in [1.807, 2.05) is 42.5 Å². The maximum Gasteiger partial charge on any atom is 0.271 e. The number of ether oxygens (including phenoxy) is 1. The molecule has 0 heterocycles. The molecule has 0 radical (unpaired) electrons. The van der Waals surface area contributed by atoms with Gasteiger partial charge in [0.15, 0.2) is 6.10 Å². The molecule has 0 spiro atoms. The summed E-state index contributed by atoms with van der Waals surface area (Å²) >= 11 is 6.00. The van der Waals surface area contributed by atoms with E-state index in [9.17, 15) is 14.9 Å². The summed E-state index contributed by atoms with van der Waals surface area (Å²) in [5.74, 6) is -0.145. The van der Waals surface area contributed by atoms with E-state index in [0.29, 0.717) is 5.69 Å². The summed E-state index contributed by atoms with van der Waals surface area (Å²) in [5, 5.41) is 15.6. The predicted octanol–water partition coefficient (Wildman–Crippen LogP) is 4.81. The summed E-state index contributed by atoms with van der Waals surface area (Å²) < 4.78 is 5.56. The van der Waals surface area contributed by atoms with Gasteiger partial charge >= 0.3 is 0 Å². The number of nitro groups is 1. The molecule has 3 aromatic carbocycles. The van der Waals surface area contributed by atoms with E-state index in [4.69, 9.17) is 16.3 Å². The quantitative estimate of drug-likeness (QED) is 0.516. The molecule has 1 atom stereocenters. The van der Waals surface area contributed by atoms with Gasteiger partial charge in [-0.3, -0.25) is 14.9 Å². The molecule has 0 aliphatic heterocycles. The zero-order chi connectivity index (χ0) is 18.7. The smallest absolute Gasteiger partial charge is 0.271 e. The third kappa shape index (κ3) is 3.75. The molecule has 0 bridgehead atoms. The lowest BCUT2D eigenvalue weighted by atomic mass is 10.1. The van der Waals surface area contributed by atoms with Gasteiger partial charge in [0.05, 0.1) is 9.95 Å². The molecular formula is C19H15ClN2O4. The molecule has 1 unspecified atom stereocenters. The van der Waals surface area contributed by atoms with Crippen molar-refractivity contribution in [2.75, 3.05) is 5.32 Å². The summed E-state index contributed by atoms with van der Waals surface area (Å²) in [6.07, 6.45) is -0.840. The molecular weight excluding hydrogens is 356 g/mol. The number of non-ortho nitro benzene ring substituents is 1. The minimum Gasteiger partial charge on any atom is -0.479 e. The number of halogens is 1. The van der Waals surface area contributed by atoms with Crippen molar-refractivity contribution in [3.05, 3.63) is 75.8 Å². The highest BCUT2D eigenvalue weighted by Gasteiger charge is 2.18. The van der Waals surface area contributed by atoms with Crippen LogP contribution >= 0.6 is 11.6 Å². The fourth-order valence-corrected chi connectivity index (χ4v) is 2.73. The Bertz CT molecular complexity index is 985. The molecule has 3 rings (SSSR count). The van der Waals surface area contributed by atoms with Crippen LogP contribution < -0.4 is 10.1 Å². The normalized spacial score (nSPS) is 11.8. The van der Waals surface area contributed by atoms with Crippen LogP contribution in [-0.2, 0) is 4.79 Å². The molecule has 0 fully saturated rings. The van der Waals surface area contributed by atoms with E-state index in [0.717, 1.165) is 10.8 Å². The van der Waals surface area contributed by atoms with E-state index in [2.05, 4.69) is 5.32 Å². The van der Waals surface area contributed by atoms with Gasteiger partial charge in [-0.05, 0) is 24.4 Å². The summed E-state index contributed by atoms with van der Waals surface area (Å²) in [4.78, 5) is 22.7. The molecule has 1 amide bonds. The Hall–Kier alpha value is -3.12. The van der Waals surface area contributed by atoms with Crippen molar-refractivity contribution in [3.8, 4) is 5.75 Å². The Morgan fingerprint density at radius 3 is 2.62 bits per heavy atom. The molecule has 26 heavy (non-hydrogen) atoms. The molecule has 0 aliphatic carbocycles. The molecule has 0 saturated heterocycles. The number of carbonyl (C=O) groups is 1. The number of hydrogen-bond donors (Lipinski definition) is 1. The van der Waals surface area contributed by atoms with E-state index < -0.39 is 11.0 Å². The summed E-state index contributed by atoms with van der Waals surface area (Å²) in [7, 11) is 0. The summed E-state index contributed by atoms with van der Waals surface area (Å²) in [6, 6.07) is 17.2. The molecule has 7 heteroatoms. The zero-order valence-electron chi connectivity index (χ0n) is 13.8. The van der Waals surface area contributed by atoms with Crippen LogP contribution in [0.2, 0.25) is 5.02 Å². The Balaban J connectivity index is 1.75. The van der Waals surface area contributed by atoms with E-state index in [1.165, 1.54) is 18.2 Å². The number of rotatable bonds is 5. The van der Waals surface area contributed by atoms with Crippen LogP contribution in [0.1, 0.15) is 6.92 Å². The van der Waals surface area contributed by atoms with Crippen molar-refractivity contribution in [1.29, 1.82) is 0 Å². The third-order valence-corrected chi connectivity index (χ3v) is 4.14. The number of fused-ring (bicyclic) bond motifs is 1. The highest BCUT2D eigenvalue weighted by Crippen LogP contribution is 2.30. The Labute approximate surface area is 154 Å². The molecule has 0 aliphatic rings. The molecule has 132 valence electrons. The number of nitrogens with one attached hydrogen (secondary N) is 1. The Morgan fingerprint density at radius 2 is 1.88 bits per heavy atom. The van der Waals surface area contributed by atoms with Gasteiger partial charge in [0, 0.05) is 23.2 Å². The largest absolute Gasteiger partial charge is 0.479 e. The van der Waals surface area contributed by atoms with E-state index >= 15 is 0 Å². The Morgan fingerprint density at radius 1 is 1.15 bits per heavy atom. The van der Waals surface area contributed by atoms with Crippen LogP contribution in [0.15, 0.2) is 60.7 Å². The van der Waals surface area contributed by atoms with Crippen LogP contribution in [0.4, 0.5) is 11.4 Å². The maximum atomic E-state index is 12.5. The number of nitro benzene ring substituents is 1. The number of amides is 1. The van der Waals surface area contributed by atoms with Crippen molar-refractivity contribution < 1.29 is 14.5 Å². The second-order valence-corrected chi connectivity index (χ2v) is 6.06. The van der Waals surface area contributed by atoms with Gasteiger partial charge in [-0.25, -0.2) is 0 Å². The second-order valence-electron chi connectivity index (χ2n) is 5.65. The average molecular weight is 371 g/mol. The molecule has 3 aromatic rings. The predicted molar refractivity (Wildman–Crippen MR) is 101 cm³/mol. The minimum absolute atomic E-state index is 0.0732. The van der Waals surface area contributed by atoms with Gasteiger partial charge in [0.25, 0.3) is 11.6 Å². The van der Waals surface area contributed by atoms with Gasteiger partial charge in [0.1, 0.15) is 5.75 Å².